The number of rotatable bonds is 5. The van der Waals surface area contributed by atoms with Gasteiger partial charge in [-0.15, -0.1) is 0 Å². The second-order valence-corrected chi connectivity index (χ2v) is 5.44. The number of ether oxygens (including phenoxy) is 1. The molecule has 18 heavy (non-hydrogen) atoms. The van der Waals surface area contributed by atoms with Gasteiger partial charge in [0.25, 0.3) is 0 Å². The van der Waals surface area contributed by atoms with Crippen molar-refractivity contribution < 1.29 is 4.74 Å². The summed E-state index contributed by atoms with van der Waals surface area (Å²) in [6.07, 6.45) is 5.75. The van der Waals surface area contributed by atoms with Crippen LogP contribution in [-0.4, -0.2) is 23.4 Å². The third-order valence-electron chi connectivity index (χ3n) is 4.09. The molecule has 0 saturated heterocycles. The minimum Gasteiger partial charge on any atom is -0.493 e. The molecule has 0 spiro atoms. The van der Waals surface area contributed by atoms with E-state index in [1.54, 1.807) is 7.11 Å². The van der Waals surface area contributed by atoms with Crippen LogP contribution in [0.2, 0.25) is 0 Å². The van der Waals surface area contributed by atoms with Crippen molar-refractivity contribution in [2.75, 3.05) is 13.7 Å². The van der Waals surface area contributed by atoms with Crippen LogP contribution in [0, 0.1) is 11.8 Å². The van der Waals surface area contributed by atoms with Crippen molar-refractivity contribution >= 4 is 0 Å². The maximum absolute atomic E-state index is 5.46. The zero-order valence-corrected chi connectivity index (χ0v) is 11.9. The Balaban J connectivity index is 2.26. The molecule has 0 amide bonds. The number of hydrogen-bond donors (Lipinski definition) is 1. The van der Waals surface area contributed by atoms with Gasteiger partial charge >= 0.3 is 0 Å². The highest BCUT2D eigenvalue weighted by atomic mass is 16.5. The molecule has 1 N–H and O–H groups in total. The number of hydrogen-bond acceptors (Lipinski definition) is 3. The van der Waals surface area contributed by atoms with Gasteiger partial charge in [-0.2, -0.15) is 5.10 Å². The molecule has 4 heteroatoms. The van der Waals surface area contributed by atoms with Gasteiger partial charge in [-0.3, -0.25) is 4.68 Å². The van der Waals surface area contributed by atoms with Gasteiger partial charge in [0.2, 0.25) is 0 Å². The van der Waals surface area contributed by atoms with Crippen molar-refractivity contribution in [1.29, 1.82) is 0 Å². The average molecular weight is 251 g/mol. The molecule has 102 valence electrons. The van der Waals surface area contributed by atoms with E-state index in [1.165, 1.54) is 25.0 Å². The standard InChI is InChI=1S/C14H25N3O/c1-5-15-13(11-7-6-10(2)8-11)14-12(18-4)9-16-17(14)3/h9-11,13,15H,5-8H2,1-4H3. The van der Waals surface area contributed by atoms with E-state index in [1.807, 2.05) is 17.9 Å². The van der Waals surface area contributed by atoms with Crippen LogP contribution < -0.4 is 10.1 Å². The topological polar surface area (TPSA) is 39.1 Å². The summed E-state index contributed by atoms with van der Waals surface area (Å²) in [5.41, 5.74) is 1.19. The molecule has 1 fully saturated rings. The summed E-state index contributed by atoms with van der Waals surface area (Å²) in [4.78, 5) is 0. The molecule has 1 aliphatic rings. The van der Waals surface area contributed by atoms with E-state index < -0.39 is 0 Å². The Kier molecular flexibility index (Phi) is 4.27. The van der Waals surface area contributed by atoms with Gasteiger partial charge < -0.3 is 10.1 Å². The third-order valence-corrected chi connectivity index (χ3v) is 4.09. The molecule has 0 aromatic carbocycles. The molecule has 1 aliphatic carbocycles. The van der Waals surface area contributed by atoms with Gasteiger partial charge in [-0.25, -0.2) is 0 Å². The van der Waals surface area contributed by atoms with Crippen LogP contribution in [-0.2, 0) is 7.05 Å². The summed E-state index contributed by atoms with van der Waals surface area (Å²) >= 11 is 0. The predicted molar refractivity (Wildman–Crippen MR) is 72.7 cm³/mol. The predicted octanol–water partition coefficient (Wildman–Crippen LogP) is 2.52. The third kappa shape index (κ3) is 2.53. The summed E-state index contributed by atoms with van der Waals surface area (Å²) in [5.74, 6) is 2.45. The lowest BCUT2D eigenvalue weighted by atomic mass is 9.93. The highest BCUT2D eigenvalue weighted by Crippen LogP contribution is 2.41. The summed E-state index contributed by atoms with van der Waals surface area (Å²) in [5, 5.41) is 7.95. The Bertz CT molecular complexity index is 388. The number of nitrogens with zero attached hydrogens (tertiary/aromatic N) is 2. The van der Waals surface area contributed by atoms with Crippen molar-refractivity contribution in [1.82, 2.24) is 15.1 Å². The number of aryl methyl sites for hydroxylation is 1. The maximum Gasteiger partial charge on any atom is 0.161 e. The Labute approximate surface area is 110 Å². The molecular formula is C14H25N3O. The summed E-state index contributed by atoms with van der Waals surface area (Å²) in [6.45, 7) is 5.49. The largest absolute Gasteiger partial charge is 0.493 e. The Morgan fingerprint density at radius 3 is 2.89 bits per heavy atom. The Morgan fingerprint density at radius 2 is 2.33 bits per heavy atom. The molecule has 1 saturated carbocycles. The SMILES string of the molecule is CCNC(c1c(OC)cnn1C)C1CCC(C)C1. The van der Waals surface area contributed by atoms with Crippen LogP contribution in [0.4, 0.5) is 0 Å². The van der Waals surface area contributed by atoms with E-state index in [4.69, 9.17) is 4.74 Å². The van der Waals surface area contributed by atoms with Crippen LogP contribution in [0.25, 0.3) is 0 Å². The quantitative estimate of drug-likeness (QED) is 0.874. The van der Waals surface area contributed by atoms with Crippen molar-refractivity contribution in [3.05, 3.63) is 11.9 Å². The van der Waals surface area contributed by atoms with Gasteiger partial charge in [-0.1, -0.05) is 20.3 Å². The second-order valence-electron chi connectivity index (χ2n) is 5.44. The van der Waals surface area contributed by atoms with E-state index in [9.17, 15) is 0 Å². The summed E-state index contributed by atoms with van der Waals surface area (Å²) in [7, 11) is 3.72. The lowest BCUT2D eigenvalue weighted by molar-refractivity contribution is 0.329. The minimum atomic E-state index is 0.363. The second kappa shape index (κ2) is 5.74. The molecule has 4 nitrogen and oxygen atoms in total. The molecular weight excluding hydrogens is 226 g/mol. The number of aromatic nitrogens is 2. The highest BCUT2D eigenvalue weighted by Gasteiger charge is 2.32. The minimum absolute atomic E-state index is 0.363. The van der Waals surface area contributed by atoms with Crippen molar-refractivity contribution in [2.24, 2.45) is 18.9 Å². The zero-order chi connectivity index (χ0) is 13.1. The van der Waals surface area contributed by atoms with Crippen LogP contribution >= 0.6 is 0 Å². The van der Waals surface area contributed by atoms with E-state index in [-0.39, 0.29) is 0 Å². The van der Waals surface area contributed by atoms with Crippen molar-refractivity contribution in [3.8, 4) is 5.75 Å². The molecule has 3 unspecified atom stereocenters. The molecule has 2 rings (SSSR count). The summed E-state index contributed by atoms with van der Waals surface area (Å²) < 4.78 is 7.41. The lowest BCUT2D eigenvalue weighted by Gasteiger charge is -2.25. The van der Waals surface area contributed by atoms with Gasteiger partial charge in [0, 0.05) is 7.05 Å². The van der Waals surface area contributed by atoms with Crippen LogP contribution in [0.1, 0.15) is 44.8 Å². The van der Waals surface area contributed by atoms with E-state index in [2.05, 4.69) is 24.3 Å². The smallest absolute Gasteiger partial charge is 0.161 e. The maximum atomic E-state index is 5.46. The Morgan fingerprint density at radius 1 is 1.56 bits per heavy atom. The highest BCUT2D eigenvalue weighted by molar-refractivity contribution is 5.29. The van der Waals surface area contributed by atoms with E-state index in [0.29, 0.717) is 12.0 Å². The summed E-state index contributed by atoms with van der Waals surface area (Å²) in [6, 6.07) is 0.363. The van der Waals surface area contributed by atoms with Gasteiger partial charge in [-0.05, 0) is 31.2 Å². The molecule has 1 aromatic rings. The lowest BCUT2D eigenvalue weighted by Crippen LogP contribution is -2.29. The van der Waals surface area contributed by atoms with Gasteiger partial charge in [0.15, 0.2) is 5.75 Å². The van der Waals surface area contributed by atoms with E-state index in [0.717, 1.165) is 18.2 Å². The fraction of sp³-hybridized carbons (Fsp3) is 0.786. The van der Waals surface area contributed by atoms with Gasteiger partial charge in [0.1, 0.15) is 0 Å². The fourth-order valence-corrected chi connectivity index (χ4v) is 3.20. The fourth-order valence-electron chi connectivity index (χ4n) is 3.20. The normalized spacial score (nSPS) is 25.3. The first-order valence-electron chi connectivity index (χ1n) is 6.96. The molecule has 0 aliphatic heterocycles. The first kappa shape index (κ1) is 13.4. The molecule has 3 atom stereocenters. The molecule has 1 aromatic heterocycles. The molecule has 0 radical (unpaired) electrons. The van der Waals surface area contributed by atoms with Crippen LogP contribution in [0.5, 0.6) is 5.75 Å². The number of methoxy groups -OCH3 is 1. The first-order valence-corrected chi connectivity index (χ1v) is 6.96. The zero-order valence-electron chi connectivity index (χ0n) is 11.9. The van der Waals surface area contributed by atoms with E-state index >= 15 is 0 Å². The average Bonchev–Trinajstić information content (AvgIpc) is 2.93. The van der Waals surface area contributed by atoms with Crippen molar-refractivity contribution in [3.63, 3.8) is 0 Å². The number of nitrogens with one attached hydrogen (secondary N) is 1. The first-order chi connectivity index (χ1) is 8.67. The van der Waals surface area contributed by atoms with Crippen LogP contribution in [0.15, 0.2) is 6.20 Å². The van der Waals surface area contributed by atoms with Crippen LogP contribution in [0.3, 0.4) is 0 Å². The molecule has 0 bridgehead atoms. The van der Waals surface area contributed by atoms with Gasteiger partial charge in [0.05, 0.1) is 25.0 Å². The monoisotopic (exact) mass is 251 g/mol. The molecule has 1 heterocycles. The Hall–Kier alpha value is -1.03. The van der Waals surface area contributed by atoms with Crippen molar-refractivity contribution in [2.45, 2.75) is 39.2 Å².